The first-order chi connectivity index (χ1) is 31.2. The smallest absolute Gasteiger partial charge is 0.426 e. The molecule has 67 heavy (non-hydrogen) atoms. The number of rotatable bonds is 10. The Morgan fingerprint density at radius 1 is 0.582 bits per heavy atom. The van der Waals surface area contributed by atoms with Gasteiger partial charge in [-0.25, -0.2) is 9.59 Å². The Morgan fingerprint density at radius 3 is 1.25 bits per heavy atom. The fourth-order valence-electron chi connectivity index (χ4n) is 9.34. The molecule has 0 saturated carbocycles. The molecule has 5 aliphatic rings. The summed E-state index contributed by atoms with van der Waals surface area (Å²) in [5, 5.41) is 8.51. The normalized spacial score (nSPS) is 22.9. The van der Waals surface area contributed by atoms with Gasteiger partial charge in [-0.3, -0.25) is 28.8 Å². The zero-order valence-electron chi connectivity index (χ0n) is 36.4. The molecule has 7 rings (SSSR count). The van der Waals surface area contributed by atoms with Gasteiger partial charge in [-0.1, -0.05) is 0 Å². The van der Waals surface area contributed by atoms with Gasteiger partial charge in [-0.2, -0.15) is 62.9 Å². The predicted octanol–water partition coefficient (Wildman–Crippen LogP) is 5.47. The minimum absolute atomic E-state index is 0.00375. The van der Waals surface area contributed by atoms with Crippen molar-refractivity contribution >= 4 is 23.9 Å². The highest BCUT2D eigenvalue weighted by molar-refractivity contribution is 5.94. The van der Waals surface area contributed by atoms with Crippen LogP contribution in [0.4, 0.5) is 62.3 Å². The monoisotopic (exact) mass is 983 g/mol. The van der Waals surface area contributed by atoms with Gasteiger partial charge in [0.1, 0.15) is 11.4 Å². The average Bonchev–Trinajstić information content (AvgIpc) is 4.08. The van der Waals surface area contributed by atoms with Crippen molar-refractivity contribution in [2.24, 2.45) is 23.7 Å². The Kier molecular flexibility index (Phi) is 15.4. The van der Waals surface area contributed by atoms with Gasteiger partial charge >= 0.3 is 36.9 Å². The summed E-state index contributed by atoms with van der Waals surface area (Å²) >= 11 is 0. The highest BCUT2D eigenvalue weighted by atomic mass is 19.4. The number of morpholine rings is 1. The van der Waals surface area contributed by atoms with E-state index >= 15 is 0 Å². The molecular weight excluding hydrogens is 934 g/mol. The minimum atomic E-state index is -5.75. The summed E-state index contributed by atoms with van der Waals surface area (Å²) in [5.41, 5.74) is 2.49. The van der Waals surface area contributed by atoms with E-state index in [-0.39, 0.29) is 61.5 Å². The lowest BCUT2D eigenvalue weighted by atomic mass is 10.0. The second-order valence-electron chi connectivity index (χ2n) is 17.1. The standard InChI is InChI=1S/C21H27F6N5O4.C18H22F6N4O3/c1-2-32-16(17(33)30-3-5-35-6-4-30)13(7-28-32)8-29-9-14-11-31(12-15(14)10-29)19(34)36-18(20(22,23)24)21(25,26)27;1-3-28-14(10(2)29)11(4-25-28)5-26-6-12-8-27(9-13(12)7-26)16(30)31-15(17(19,20)21)18(22,23)24/h7,14-15,18H,2-6,8-12H2,1H3;4,12-13,15H,3,5-9H2,1-2H3. The SMILES string of the molecule is CCn1ncc(CN2CC3CN(C(=O)OC(C(F)(F)F)C(F)(F)F)CC3C2)c1C(=O)N1CCOCC1.CCn1ncc(CN2CC3CN(C(=O)OC(C(F)(F)F)C(F)(F)F)CC3C2)c1C(C)=O. The molecule has 2 aromatic heterocycles. The van der Waals surface area contributed by atoms with E-state index in [0.717, 1.165) is 20.9 Å². The lowest BCUT2D eigenvalue weighted by molar-refractivity contribution is -0.309. The molecule has 2 aromatic rings. The largest absolute Gasteiger partial charge is 0.434 e. The van der Waals surface area contributed by atoms with Crippen LogP contribution in [0.1, 0.15) is 52.9 Å². The van der Waals surface area contributed by atoms with Gasteiger partial charge in [0.25, 0.3) is 18.1 Å². The maximum absolute atomic E-state index is 13.2. The summed E-state index contributed by atoms with van der Waals surface area (Å²) < 4.78 is 168. The molecular formula is C39H49F12N9O7. The molecule has 376 valence electrons. The van der Waals surface area contributed by atoms with Gasteiger partial charge in [0, 0.05) is 110 Å². The zero-order chi connectivity index (χ0) is 49.4. The second kappa shape index (κ2) is 20.0. The number of alkyl halides is 12. The number of hydrogen-bond donors (Lipinski definition) is 0. The topological polar surface area (TPSA) is 148 Å². The highest BCUT2D eigenvalue weighted by Gasteiger charge is 2.62. The van der Waals surface area contributed by atoms with Crippen LogP contribution in [0.25, 0.3) is 0 Å². The molecule has 5 aliphatic heterocycles. The van der Waals surface area contributed by atoms with Crippen molar-refractivity contribution < 1.29 is 86.1 Å². The number of ether oxygens (including phenoxy) is 3. The van der Waals surface area contributed by atoms with Gasteiger partial charge in [0.05, 0.1) is 25.6 Å². The molecule has 0 spiro atoms. The van der Waals surface area contributed by atoms with Crippen molar-refractivity contribution in [2.45, 2.75) is 83.9 Å². The Labute approximate surface area is 374 Å². The van der Waals surface area contributed by atoms with E-state index in [4.69, 9.17) is 4.74 Å². The molecule has 0 aliphatic carbocycles. The first-order valence-electron chi connectivity index (χ1n) is 21.3. The van der Waals surface area contributed by atoms with E-state index < -0.39 is 49.1 Å². The molecule has 0 aromatic carbocycles. The van der Waals surface area contributed by atoms with E-state index in [1.165, 1.54) is 6.92 Å². The Balaban J connectivity index is 0.000000224. The number of carbonyl (C=O) groups excluding carboxylic acids is 4. The van der Waals surface area contributed by atoms with Crippen LogP contribution in [0.2, 0.25) is 0 Å². The number of nitrogens with zero attached hydrogens (tertiary/aromatic N) is 9. The van der Waals surface area contributed by atoms with Crippen molar-refractivity contribution in [1.29, 1.82) is 0 Å². The molecule has 5 fully saturated rings. The Hall–Kier alpha value is -4.86. The van der Waals surface area contributed by atoms with Crippen LogP contribution < -0.4 is 0 Å². The molecule has 0 radical (unpaired) electrons. The number of aryl methyl sites for hydroxylation is 2. The molecule has 4 unspecified atom stereocenters. The molecule has 28 heteroatoms. The van der Waals surface area contributed by atoms with Crippen LogP contribution in [0.5, 0.6) is 0 Å². The summed E-state index contributed by atoms with van der Waals surface area (Å²) in [5.74, 6) is -0.731. The van der Waals surface area contributed by atoms with Crippen molar-refractivity contribution in [3.8, 4) is 0 Å². The second-order valence-corrected chi connectivity index (χ2v) is 17.1. The fraction of sp³-hybridized carbons (Fsp3) is 0.744. The highest BCUT2D eigenvalue weighted by Crippen LogP contribution is 2.40. The van der Waals surface area contributed by atoms with Crippen molar-refractivity contribution in [3.05, 3.63) is 34.9 Å². The number of halogens is 12. The molecule has 16 nitrogen and oxygen atoms in total. The fourth-order valence-corrected chi connectivity index (χ4v) is 9.34. The summed E-state index contributed by atoms with van der Waals surface area (Å²) in [6.45, 7) is 10.9. The summed E-state index contributed by atoms with van der Waals surface area (Å²) in [6.07, 6.45) is -31.3. The van der Waals surface area contributed by atoms with Crippen LogP contribution in [-0.4, -0.2) is 184 Å². The summed E-state index contributed by atoms with van der Waals surface area (Å²) in [4.78, 5) is 56.7. The van der Waals surface area contributed by atoms with E-state index in [2.05, 4.69) is 24.6 Å². The van der Waals surface area contributed by atoms with Crippen LogP contribution in [-0.2, 0) is 40.4 Å². The molecule has 0 bridgehead atoms. The van der Waals surface area contributed by atoms with Gasteiger partial charge in [-0.15, -0.1) is 0 Å². The number of Topliss-reactive ketones (excluding diaryl/α,β-unsaturated/α-hetero) is 1. The average molecular weight is 984 g/mol. The Morgan fingerprint density at radius 2 is 0.925 bits per heavy atom. The lowest BCUT2D eigenvalue weighted by Crippen LogP contribution is -2.48. The number of likely N-dealkylation sites (tertiary alicyclic amines) is 4. The van der Waals surface area contributed by atoms with Gasteiger partial charge < -0.3 is 28.9 Å². The lowest BCUT2D eigenvalue weighted by Gasteiger charge is -2.28. The molecule has 3 amide bonds. The molecule has 7 heterocycles. The first-order valence-corrected chi connectivity index (χ1v) is 21.3. The number of carbonyl (C=O) groups is 4. The zero-order valence-corrected chi connectivity index (χ0v) is 36.4. The third kappa shape index (κ3) is 12.1. The maximum Gasteiger partial charge on any atom is 0.434 e. The number of aromatic nitrogens is 4. The van der Waals surface area contributed by atoms with Gasteiger partial charge in [0.15, 0.2) is 5.78 Å². The Bertz CT molecular complexity index is 2030. The quantitative estimate of drug-likeness (QED) is 0.221. The third-order valence-corrected chi connectivity index (χ3v) is 12.3. The van der Waals surface area contributed by atoms with Crippen molar-refractivity contribution in [1.82, 2.24) is 44.1 Å². The number of ketones is 1. The molecule has 5 saturated heterocycles. The van der Waals surface area contributed by atoms with Crippen LogP contribution in [0.3, 0.4) is 0 Å². The third-order valence-electron chi connectivity index (χ3n) is 12.3. The number of amides is 3. The van der Waals surface area contributed by atoms with Crippen molar-refractivity contribution in [3.63, 3.8) is 0 Å². The van der Waals surface area contributed by atoms with Crippen LogP contribution >= 0.6 is 0 Å². The minimum Gasteiger partial charge on any atom is -0.426 e. The molecule has 0 N–H and O–H groups in total. The maximum atomic E-state index is 13.2. The van der Waals surface area contributed by atoms with E-state index in [1.54, 1.807) is 26.7 Å². The molecule has 4 atom stereocenters. The van der Waals surface area contributed by atoms with E-state index in [0.29, 0.717) is 90.0 Å². The van der Waals surface area contributed by atoms with Crippen molar-refractivity contribution in [2.75, 3.05) is 78.7 Å². The van der Waals surface area contributed by atoms with Crippen LogP contribution in [0, 0.1) is 23.7 Å². The number of hydrogen-bond acceptors (Lipinski definition) is 11. The van der Waals surface area contributed by atoms with E-state index in [9.17, 15) is 71.9 Å². The first kappa shape index (κ1) is 51.5. The van der Waals surface area contributed by atoms with Gasteiger partial charge in [0.2, 0.25) is 0 Å². The summed E-state index contributed by atoms with van der Waals surface area (Å²) in [6, 6.07) is 0. The van der Waals surface area contributed by atoms with Gasteiger partial charge in [-0.05, 0) is 37.5 Å². The van der Waals surface area contributed by atoms with E-state index in [1.807, 2.05) is 18.7 Å². The predicted molar refractivity (Wildman–Crippen MR) is 205 cm³/mol. The van der Waals surface area contributed by atoms with Crippen LogP contribution in [0.15, 0.2) is 12.4 Å². The summed E-state index contributed by atoms with van der Waals surface area (Å²) in [7, 11) is 0. The number of fused-ring (bicyclic) bond motifs is 2.